The number of azo groups is 2. The van der Waals surface area contributed by atoms with Crippen molar-refractivity contribution in [1.82, 2.24) is 0 Å². The molecule has 0 aliphatic heterocycles. The minimum absolute atomic E-state index is 0.776. The summed E-state index contributed by atoms with van der Waals surface area (Å²) in [7, 11) is 3.33. The molecule has 0 heterocycles. The van der Waals surface area contributed by atoms with E-state index in [-0.39, 0.29) is 0 Å². The molecule has 0 saturated carbocycles. The van der Waals surface area contributed by atoms with Crippen LogP contribution >= 0.6 is 0 Å². The molecule has 0 fully saturated rings. The molecule has 0 atom stereocenters. The molecule has 0 aliphatic carbocycles. The molecule has 0 N–H and O–H groups in total. The molecular formula is C28H28N4O2. The minimum Gasteiger partial charge on any atom is -0.497 e. The molecule has 0 saturated heterocycles. The second-order valence-electron chi connectivity index (χ2n) is 8.34. The zero-order valence-corrected chi connectivity index (χ0v) is 20.4. The first kappa shape index (κ1) is 23.1. The summed E-state index contributed by atoms with van der Waals surface area (Å²) < 4.78 is 10.7. The number of methoxy groups -OCH3 is 2. The fourth-order valence-corrected chi connectivity index (χ4v) is 3.94. The van der Waals surface area contributed by atoms with Gasteiger partial charge in [-0.2, -0.15) is 20.5 Å². The first-order valence-corrected chi connectivity index (χ1v) is 11.1. The highest BCUT2D eigenvalue weighted by atomic mass is 16.5. The Bertz CT molecular complexity index is 1270. The Hall–Kier alpha value is -4.06. The molecule has 4 aromatic rings. The predicted octanol–water partition coefficient (Wildman–Crippen LogP) is 8.92. The fourth-order valence-electron chi connectivity index (χ4n) is 3.94. The summed E-state index contributed by atoms with van der Waals surface area (Å²) in [5, 5.41) is 20.1. The van der Waals surface area contributed by atoms with Gasteiger partial charge in [0.2, 0.25) is 0 Å². The molecule has 6 nitrogen and oxygen atoms in total. The van der Waals surface area contributed by atoms with Gasteiger partial charge in [-0.3, -0.25) is 0 Å². The summed E-state index contributed by atoms with van der Waals surface area (Å²) in [5.74, 6) is 1.64. The van der Waals surface area contributed by atoms with E-state index in [2.05, 4.69) is 20.5 Å². The van der Waals surface area contributed by atoms with Gasteiger partial charge in [0.05, 0.1) is 37.0 Å². The van der Waals surface area contributed by atoms with Crippen molar-refractivity contribution in [3.8, 4) is 11.5 Å². The smallest absolute Gasteiger partial charge is 0.119 e. The number of hydrogen-bond donors (Lipinski definition) is 0. The van der Waals surface area contributed by atoms with Crippen LogP contribution in [0.2, 0.25) is 0 Å². The maximum absolute atomic E-state index is 5.33. The number of nitrogens with zero attached hydrogens (tertiary/aromatic N) is 4. The van der Waals surface area contributed by atoms with E-state index in [1.807, 2.05) is 88.4 Å². The summed E-state index contributed by atoms with van der Waals surface area (Å²) >= 11 is 0. The van der Waals surface area contributed by atoms with Gasteiger partial charge in [-0.25, -0.2) is 0 Å². The Morgan fingerprint density at radius 1 is 0.471 bits per heavy atom. The van der Waals surface area contributed by atoms with Crippen molar-refractivity contribution in [3.63, 3.8) is 0 Å². The number of hydrogen-bond acceptors (Lipinski definition) is 6. The van der Waals surface area contributed by atoms with E-state index < -0.39 is 0 Å². The largest absolute Gasteiger partial charge is 0.497 e. The number of fused-ring (bicyclic) bond motifs is 1. The van der Waals surface area contributed by atoms with E-state index in [0.29, 0.717) is 0 Å². The van der Waals surface area contributed by atoms with Gasteiger partial charge in [0.25, 0.3) is 0 Å². The first-order valence-electron chi connectivity index (χ1n) is 11.1. The SMILES string of the molecule is COc1cc(C)c(N=Nc2ccc3ccc(N=Nc4c(C)cc(OC)cc4C)cc3c2)c(C)c1. The second-order valence-corrected chi connectivity index (χ2v) is 8.34. The molecule has 0 aromatic heterocycles. The van der Waals surface area contributed by atoms with E-state index in [9.17, 15) is 0 Å². The van der Waals surface area contributed by atoms with Crippen LogP contribution in [0.4, 0.5) is 22.7 Å². The zero-order chi connectivity index (χ0) is 24.2. The van der Waals surface area contributed by atoms with Crippen LogP contribution in [0, 0.1) is 27.7 Å². The van der Waals surface area contributed by atoms with Crippen LogP contribution in [0.1, 0.15) is 22.3 Å². The minimum atomic E-state index is 0.776. The lowest BCUT2D eigenvalue weighted by Crippen LogP contribution is -1.86. The van der Waals surface area contributed by atoms with Crippen molar-refractivity contribution in [2.24, 2.45) is 20.5 Å². The van der Waals surface area contributed by atoms with E-state index in [4.69, 9.17) is 9.47 Å². The maximum atomic E-state index is 5.33. The number of benzene rings is 4. The molecular weight excluding hydrogens is 424 g/mol. The summed E-state index contributed by atoms with van der Waals surface area (Å²) in [6.45, 7) is 8.03. The average molecular weight is 453 g/mol. The van der Waals surface area contributed by atoms with Gasteiger partial charge in [0.1, 0.15) is 11.5 Å². The molecule has 4 rings (SSSR count). The summed E-state index contributed by atoms with van der Waals surface area (Å²) in [6.07, 6.45) is 0. The van der Waals surface area contributed by atoms with Crippen molar-refractivity contribution in [2.45, 2.75) is 27.7 Å². The summed E-state index contributed by atoms with van der Waals surface area (Å²) in [5.41, 5.74) is 7.35. The van der Waals surface area contributed by atoms with Crippen LogP contribution in [-0.2, 0) is 0 Å². The van der Waals surface area contributed by atoms with Crippen LogP contribution in [0.5, 0.6) is 11.5 Å². The standard InChI is InChI=1S/C28H28N4O2/c1-17-11-25(33-5)12-18(2)27(17)31-29-23-9-7-21-8-10-24(16-22(21)15-23)30-32-28-19(3)13-26(34-6)14-20(28)4/h7-16H,1-6H3. The Morgan fingerprint density at radius 2 is 0.853 bits per heavy atom. The molecule has 0 bridgehead atoms. The van der Waals surface area contributed by atoms with Crippen molar-refractivity contribution >= 4 is 33.5 Å². The van der Waals surface area contributed by atoms with Crippen molar-refractivity contribution < 1.29 is 9.47 Å². The van der Waals surface area contributed by atoms with Crippen LogP contribution < -0.4 is 9.47 Å². The van der Waals surface area contributed by atoms with Gasteiger partial charge in [0.15, 0.2) is 0 Å². The molecule has 0 radical (unpaired) electrons. The number of ether oxygens (including phenoxy) is 2. The van der Waals surface area contributed by atoms with Crippen LogP contribution in [0.25, 0.3) is 10.8 Å². The normalized spacial score (nSPS) is 11.6. The van der Waals surface area contributed by atoms with Crippen molar-refractivity contribution in [3.05, 3.63) is 82.9 Å². The zero-order valence-electron chi connectivity index (χ0n) is 20.4. The highest BCUT2D eigenvalue weighted by molar-refractivity contribution is 5.87. The van der Waals surface area contributed by atoms with Gasteiger partial charge in [-0.05, 0) is 109 Å². The van der Waals surface area contributed by atoms with E-state index in [1.165, 1.54) is 0 Å². The third-order valence-corrected chi connectivity index (χ3v) is 5.74. The Morgan fingerprint density at radius 3 is 1.21 bits per heavy atom. The van der Waals surface area contributed by atoms with Gasteiger partial charge in [-0.1, -0.05) is 12.1 Å². The van der Waals surface area contributed by atoms with Crippen molar-refractivity contribution in [1.29, 1.82) is 0 Å². The van der Waals surface area contributed by atoms with Gasteiger partial charge in [0, 0.05) is 0 Å². The van der Waals surface area contributed by atoms with Crippen LogP contribution in [-0.4, -0.2) is 14.2 Å². The quantitative estimate of drug-likeness (QED) is 0.274. The average Bonchev–Trinajstić information content (AvgIpc) is 2.82. The molecule has 0 unspecified atom stereocenters. The molecule has 172 valence electrons. The van der Waals surface area contributed by atoms with Gasteiger partial charge in [-0.15, -0.1) is 0 Å². The molecule has 4 aromatic carbocycles. The van der Waals surface area contributed by atoms with Crippen LogP contribution in [0.3, 0.4) is 0 Å². The second kappa shape index (κ2) is 9.83. The number of rotatable bonds is 6. The first-order chi connectivity index (χ1) is 16.4. The monoisotopic (exact) mass is 452 g/mol. The topological polar surface area (TPSA) is 67.9 Å². The lowest BCUT2D eigenvalue weighted by Gasteiger charge is -2.07. The van der Waals surface area contributed by atoms with E-state index in [0.717, 1.165) is 67.3 Å². The summed E-state index contributed by atoms with van der Waals surface area (Å²) in [6, 6.07) is 19.9. The highest BCUT2D eigenvalue weighted by Gasteiger charge is 2.07. The Balaban J connectivity index is 1.62. The summed E-state index contributed by atoms with van der Waals surface area (Å²) in [4.78, 5) is 0. The maximum Gasteiger partial charge on any atom is 0.119 e. The van der Waals surface area contributed by atoms with Crippen molar-refractivity contribution in [2.75, 3.05) is 14.2 Å². The number of aryl methyl sites for hydroxylation is 4. The van der Waals surface area contributed by atoms with E-state index >= 15 is 0 Å². The highest BCUT2D eigenvalue weighted by Crippen LogP contribution is 2.33. The fraction of sp³-hybridized carbons (Fsp3) is 0.214. The molecule has 34 heavy (non-hydrogen) atoms. The lowest BCUT2D eigenvalue weighted by molar-refractivity contribution is 0.414. The van der Waals surface area contributed by atoms with E-state index in [1.54, 1.807) is 14.2 Å². The van der Waals surface area contributed by atoms with Gasteiger partial charge >= 0.3 is 0 Å². The van der Waals surface area contributed by atoms with Gasteiger partial charge < -0.3 is 9.47 Å². The Labute approximate surface area is 200 Å². The lowest BCUT2D eigenvalue weighted by atomic mass is 10.1. The third-order valence-electron chi connectivity index (χ3n) is 5.74. The molecule has 0 spiro atoms. The van der Waals surface area contributed by atoms with Crippen LogP contribution in [0.15, 0.2) is 81.1 Å². The molecule has 0 aliphatic rings. The third kappa shape index (κ3) is 4.96. The molecule has 6 heteroatoms. The Kier molecular flexibility index (Phi) is 6.68. The predicted molar refractivity (Wildman–Crippen MR) is 137 cm³/mol. The molecule has 0 amide bonds.